The van der Waals surface area contributed by atoms with Gasteiger partial charge in [-0.1, -0.05) is 37.3 Å². The summed E-state index contributed by atoms with van der Waals surface area (Å²) in [7, 11) is 0. The van der Waals surface area contributed by atoms with Crippen LogP contribution in [0.1, 0.15) is 25.0 Å². The summed E-state index contributed by atoms with van der Waals surface area (Å²) in [5, 5.41) is 21.2. The van der Waals surface area contributed by atoms with Gasteiger partial charge >= 0.3 is 0 Å². The van der Waals surface area contributed by atoms with Crippen LogP contribution in [0.3, 0.4) is 0 Å². The highest BCUT2D eigenvalue weighted by atomic mass is 16.3. The molecular formula is C12H17NO3. The van der Waals surface area contributed by atoms with Gasteiger partial charge in [0.15, 0.2) is 6.10 Å². The third-order valence-electron chi connectivity index (χ3n) is 2.42. The van der Waals surface area contributed by atoms with E-state index < -0.39 is 12.0 Å². The minimum absolute atomic E-state index is 0.121. The van der Waals surface area contributed by atoms with E-state index in [0.717, 1.165) is 0 Å². The molecule has 0 aliphatic carbocycles. The molecule has 0 saturated heterocycles. The molecular weight excluding hydrogens is 206 g/mol. The van der Waals surface area contributed by atoms with Crippen LogP contribution in [0.4, 0.5) is 0 Å². The lowest BCUT2D eigenvalue weighted by atomic mass is 10.1. The van der Waals surface area contributed by atoms with Gasteiger partial charge in [0.25, 0.3) is 5.91 Å². The summed E-state index contributed by atoms with van der Waals surface area (Å²) in [6, 6.07) is 8.40. The second-order valence-electron chi connectivity index (χ2n) is 3.61. The predicted molar refractivity (Wildman–Crippen MR) is 60.7 cm³/mol. The number of benzene rings is 1. The van der Waals surface area contributed by atoms with E-state index in [2.05, 4.69) is 5.32 Å². The Morgan fingerprint density at radius 1 is 1.38 bits per heavy atom. The fourth-order valence-corrected chi connectivity index (χ4v) is 1.34. The van der Waals surface area contributed by atoms with Gasteiger partial charge in [-0.3, -0.25) is 4.79 Å². The number of hydrogen-bond acceptors (Lipinski definition) is 3. The molecule has 4 heteroatoms. The van der Waals surface area contributed by atoms with Gasteiger partial charge in [-0.25, -0.2) is 0 Å². The highest BCUT2D eigenvalue weighted by Gasteiger charge is 2.19. The zero-order valence-corrected chi connectivity index (χ0v) is 9.26. The predicted octanol–water partition coefficient (Wildman–Crippen LogP) is 0.607. The Bertz CT molecular complexity index is 322. The number of nitrogens with one attached hydrogen (secondary N) is 1. The van der Waals surface area contributed by atoms with Crippen LogP contribution in [0.25, 0.3) is 0 Å². The molecule has 0 bridgehead atoms. The number of carbonyl (C=O) groups excluding carboxylic acids is 1. The fourth-order valence-electron chi connectivity index (χ4n) is 1.34. The molecule has 0 aromatic heterocycles. The van der Waals surface area contributed by atoms with Crippen LogP contribution in [0.15, 0.2) is 30.3 Å². The maximum Gasteiger partial charge on any atom is 0.253 e. The number of amides is 1. The van der Waals surface area contributed by atoms with Crippen molar-refractivity contribution in [2.45, 2.75) is 25.5 Å². The number of aliphatic hydroxyl groups excluding tert-OH is 2. The molecule has 1 amide bonds. The van der Waals surface area contributed by atoms with E-state index in [1.54, 1.807) is 24.3 Å². The first-order valence-corrected chi connectivity index (χ1v) is 5.33. The summed E-state index contributed by atoms with van der Waals surface area (Å²) in [5.41, 5.74) is 0.549. The number of hydrogen-bond donors (Lipinski definition) is 3. The normalized spacial score (nSPS) is 14.2. The largest absolute Gasteiger partial charge is 0.394 e. The molecule has 16 heavy (non-hydrogen) atoms. The van der Waals surface area contributed by atoms with Crippen molar-refractivity contribution in [3.8, 4) is 0 Å². The Morgan fingerprint density at radius 2 is 2.00 bits per heavy atom. The Hall–Kier alpha value is -1.39. The van der Waals surface area contributed by atoms with E-state index >= 15 is 0 Å². The van der Waals surface area contributed by atoms with Crippen LogP contribution < -0.4 is 5.32 Å². The van der Waals surface area contributed by atoms with Crippen molar-refractivity contribution < 1.29 is 15.0 Å². The summed E-state index contributed by atoms with van der Waals surface area (Å²) in [5.74, 6) is -0.480. The van der Waals surface area contributed by atoms with Crippen molar-refractivity contribution in [2.75, 3.05) is 6.61 Å². The van der Waals surface area contributed by atoms with E-state index in [1.807, 2.05) is 13.0 Å². The summed E-state index contributed by atoms with van der Waals surface area (Å²) in [6.07, 6.45) is -0.550. The lowest BCUT2D eigenvalue weighted by molar-refractivity contribution is -0.130. The molecule has 0 heterocycles. The summed E-state index contributed by atoms with van der Waals surface area (Å²) in [4.78, 5) is 11.6. The molecule has 0 radical (unpaired) electrons. The van der Waals surface area contributed by atoms with Crippen molar-refractivity contribution in [1.29, 1.82) is 0 Å². The van der Waals surface area contributed by atoms with E-state index in [0.29, 0.717) is 12.0 Å². The van der Waals surface area contributed by atoms with Crippen LogP contribution in [0.2, 0.25) is 0 Å². The average molecular weight is 223 g/mol. The minimum atomic E-state index is -1.18. The number of aliphatic hydroxyl groups is 2. The van der Waals surface area contributed by atoms with E-state index in [1.165, 1.54) is 0 Å². The van der Waals surface area contributed by atoms with Gasteiger partial charge in [0, 0.05) is 0 Å². The van der Waals surface area contributed by atoms with Crippen molar-refractivity contribution in [1.82, 2.24) is 5.32 Å². The van der Waals surface area contributed by atoms with E-state index in [4.69, 9.17) is 5.11 Å². The highest BCUT2D eigenvalue weighted by Crippen LogP contribution is 2.12. The highest BCUT2D eigenvalue weighted by molar-refractivity contribution is 5.82. The molecule has 0 unspecified atom stereocenters. The number of carbonyl (C=O) groups is 1. The monoisotopic (exact) mass is 223 g/mol. The molecule has 1 rings (SSSR count). The van der Waals surface area contributed by atoms with Crippen molar-refractivity contribution in [3.05, 3.63) is 35.9 Å². The minimum Gasteiger partial charge on any atom is -0.394 e. The Labute approximate surface area is 94.9 Å². The van der Waals surface area contributed by atoms with Gasteiger partial charge in [0.1, 0.15) is 0 Å². The quantitative estimate of drug-likeness (QED) is 0.685. The first-order chi connectivity index (χ1) is 7.69. The third-order valence-corrected chi connectivity index (χ3v) is 2.42. The van der Waals surface area contributed by atoms with Crippen molar-refractivity contribution >= 4 is 5.91 Å². The molecule has 3 N–H and O–H groups in total. The molecule has 1 aromatic carbocycles. The van der Waals surface area contributed by atoms with Crippen LogP contribution in [0, 0.1) is 0 Å². The number of rotatable bonds is 5. The molecule has 88 valence electrons. The van der Waals surface area contributed by atoms with Gasteiger partial charge < -0.3 is 15.5 Å². The van der Waals surface area contributed by atoms with Gasteiger partial charge in [0.05, 0.1) is 12.6 Å². The third kappa shape index (κ3) is 3.32. The van der Waals surface area contributed by atoms with E-state index in [9.17, 15) is 9.90 Å². The molecule has 0 saturated carbocycles. The Morgan fingerprint density at radius 3 is 2.50 bits per heavy atom. The molecule has 0 fully saturated rings. The van der Waals surface area contributed by atoms with Crippen molar-refractivity contribution in [3.63, 3.8) is 0 Å². The summed E-state index contributed by atoms with van der Waals surface area (Å²) >= 11 is 0. The molecule has 0 spiro atoms. The second-order valence-corrected chi connectivity index (χ2v) is 3.61. The maximum atomic E-state index is 11.6. The maximum absolute atomic E-state index is 11.6. The smallest absolute Gasteiger partial charge is 0.253 e. The SMILES string of the molecule is CC[C@H](CO)NC(=O)[C@H](O)c1ccccc1. The van der Waals surface area contributed by atoms with E-state index in [-0.39, 0.29) is 12.6 Å². The van der Waals surface area contributed by atoms with Crippen LogP contribution >= 0.6 is 0 Å². The lowest BCUT2D eigenvalue weighted by Gasteiger charge is -2.17. The topological polar surface area (TPSA) is 69.6 Å². The molecule has 1 aromatic rings. The molecule has 4 nitrogen and oxygen atoms in total. The Balaban J connectivity index is 2.61. The average Bonchev–Trinajstić information content (AvgIpc) is 2.35. The first-order valence-electron chi connectivity index (χ1n) is 5.33. The van der Waals surface area contributed by atoms with Crippen LogP contribution in [0.5, 0.6) is 0 Å². The van der Waals surface area contributed by atoms with Crippen LogP contribution in [-0.4, -0.2) is 28.8 Å². The molecule has 0 aliphatic heterocycles. The van der Waals surface area contributed by atoms with Gasteiger partial charge in [0.2, 0.25) is 0 Å². The zero-order valence-electron chi connectivity index (χ0n) is 9.26. The van der Waals surface area contributed by atoms with Gasteiger partial charge in [-0.05, 0) is 12.0 Å². The van der Waals surface area contributed by atoms with Gasteiger partial charge in [-0.2, -0.15) is 0 Å². The first kappa shape index (κ1) is 12.7. The van der Waals surface area contributed by atoms with Gasteiger partial charge in [-0.15, -0.1) is 0 Å². The zero-order chi connectivity index (χ0) is 12.0. The van der Waals surface area contributed by atoms with Crippen molar-refractivity contribution in [2.24, 2.45) is 0 Å². The Kier molecular flexibility index (Phi) is 4.95. The summed E-state index contributed by atoms with van der Waals surface area (Å²) < 4.78 is 0. The standard InChI is InChI=1S/C12H17NO3/c1-2-10(8-14)13-12(16)11(15)9-6-4-3-5-7-9/h3-7,10-11,14-15H,2,8H2,1H3,(H,13,16)/t10-,11-/m1/s1. The van der Waals surface area contributed by atoms with Crippen LogP contribution in [-0.2, 0) is 4.79 Å². The molecule has 0 aliphatic rings. The fraction of sp³-hybridized carbons (Fsp3) is 0.417. The molecule has 2 atom stereocenters. The lowest BCUT2D eigenvalue weighted by Crippen LogP contribution is -2.39. The second kappa shape index (κ2) is 6.25. The summed E-state index contributed by atoms with van der Waals surface area (Å²) in [6.45, 7) is 1.74.